The number of carbonyl (C=O) groups is 2. The van der Waals surface area contributed by atoms with Gasteiger partial charge in [0, 0.05) is 4.88 Å². The summed E-state index contributed by atoms with van der Waals surface area (Å²) in [6.45, 7) is 8.89. The standard InChI is InChI=1S/C28H30N2O3S/c1-16-5-7-18(8-6-16)27(32)33-20-12-9-17(10-13-20)24-29-25(31)23-21-14-11-19(28(2,3)4)15-22(21)34-26(23)30-24/h5-10,12-13,19,24,30H,11,14-15H2,1-4H3,(H,29,31)/t19-,24+/m0/s1. The van der Waals surface area contributed by atoms with Crippen molar-refractivity contribution in [3.63, 3.8) is 0 Å². The molecule has 2 aliphatic rings. The van der Waals surface area contributed by atoms with Crippen LogP contribution in [0.25, 0.3) is 0 Å². The van der Waals surface area contributed by atoms with Gasteiger partial charge in [-0.25, -0.2) is 4.79 Å². The van der Waals surface area contributed by atoms with Gasteiger partial charge in [-0.1, -0.05) is 50.6 Å². The highest BCUT2D eigenvalue weighted by Gasteiger charge is 2.36. The highest BCUT2D eigenvalue weighted by atomic mass is 32.1. The minimum Gasteiger partial charge on any atom is -0.423 e. The maximum Gasteiger partial charge on any atom is 0.343 e. The summed E-state index contributed by atoms with van der Waals surface area (Å²) >= 11 is 1.73. The zero-order valence-corrected chi connectivity index (χ0v) is 20.8. The Hall–Kier alpha value is -3.12. The van der Waals surface area contributed by atoms with Crippen LogP contribution in [-0.4, -0.2) is 11.9 Å². The zero-order valence-electron chi connectivity index (χ0n) is 20.0. The molecule has 3 aromatic rings. The van der Waals surface area contributed by atoms with Gasteiger partial charge >= 0.3 is 5.97 Å². The number of anilines is 1. The quantitative estimate of drug-likeness (QED) is 0.346. The van der Waals surface area contributed by atoms with E-state index >= 15 is 0 Å². The molecule has 2 heterocycles. The first kappa shape index (κ1) is 22.7. The van der Waals surface area contributed by atoms with Crippen molar-refractivity contribution < 1.29 is 14.3 Å². The fraction of sp³-hybridized carbons (Fsp3) is 0.357. The SMILES string of the molecule is Cc1ccc(C(=O)Oc2ccc([C@@H]3NC(=O)c4c(sc5c4CC[C@H](C(C)(C)C)C5)N3)cc2)cc1. The first-order valence-electron chi connectivity index (χ1n) is 11.8. The summed E-state index contributed by atoms with van der Waals surface area (Å²) in [4.78, 5) is 26.8. The van der Waals surface area contributed by atoms with Crippen LogP contribution in [0.2, 0.25) is 0 Å². The topological polar surface area (TPSA) is 67.4 Å². The highest BCUT2D eigenvalue weighted by molar-refractivity contribution is 7.16. The first-order valence-corrected chi connectivity index (χ1v) is 12.6. The molecular formula is C28H30N2O3S. The second-order valence-electron chi connectivity index (χ2n) is 10.4. The molecule has 0 spiro atoms. The van der Waals surface area contributed by atoms with Crippen LogP contribution in [0.1, 0.15) is 75.6 Å². The van der Waals surface area contributed by atoms with Crippen LogP contribution in [0.3, 0.4) is 0 Å². The van der Waals surface area contributed by atoms with Gasteiger partial charge in [-0.15, -0.1) is 11.3 Å². The van der Waals surface area contributed by atoms with Crippen molar-refractivity contribution in [3.05, 3.63) is 81.2 Å². The van der Waals surface area contributed by atoms with Gasteiger partial charge < -0.3 is 15.4 Å². The van der Waals surface area contributed by atoms with Gasteiger partial charge in [0.25, 0.3) is 5.91 Å². The molecule has 2 atom stereocenters. The minimum atomic E-state index is -0.390. The summed E-state index contributed by atoms with van der Waals surface area (Å²) in [6, 6.07) is 14.6. The molecule has 0 saturated heterocycles. The predicted molar refractivity (Wildman–Crippen MR) is 136 cm³/mol. The smallest absolute Gasteiger partial charge is 0.343 e. The number of thiophene rings is 1. The molecule has 2 aromatic carbocycles. The van der Waals surface area contributed by atoms with Crippen molar-refractivity contribution in [1.82, 2.24) is 5.32 Å². The van der Waals surface area contributed by atoms with E-state index < -0.39 is 0 Å². The minimum absolute atomic E-state index is 0.0136. The van der Waals surface area contributed by atoms with E-state index in [1.54, 1.807) is 35.6 Å². The lowest BCUT2D eigenvalue weighted by atomic mass is 9.72. The number of carbonyl (C=O) groups excluding carboxylic acids is 2. The normalized spacial score (nSPS) is 19.5. The van der Waals surface area contributed by atoms with Crippen molar-refractivity contribution in [1.29, 1.82) is 0 Å². The van der Waals surface area contributed by atoms with E-state index in [1.807, 2.05) is 31.2 Å². The van der Waals surface area contributed by atoms with Crippen LogP contribution < -0.4 is 15.4 Å². The van der Waals surface area contributed by atoms with Crippen molar-refractivity contribution in [3.8, 4) is 5.75 Å². The summed E-state index contributed by atoms with van der Waals surface area (Å²) in [6.07, 6.45) is 2.81. The number of nitrogens with one attached hydrogen (secondary N) is 2. The lowest BCUT2D eigenvalue weighted by Gasteiger charge is -2.34. The van der Waals surface area contributed by atoms with Crippen molar-refractivity contribution in [2.24, 2.45) is 11.3 Å². The van der Waals surface area contributed by atoms with E-state index in [2.05, 4.69) is 31.4 Å². The fourth-order valence-corrected chi connectivity index (χ4v) is 6.14. The molecule has 34 heavy (non-hydrogen) atoms. The van der Waals surface area contributed by atoms with Crippen LogP contribution >= 0.6 is 11.3 Å². The van der Waals surface area contributed by atoms with E-state index in [0.717, 1.165) is 41.0 Å². The third-order valence-corrected chi connectivity index (χ3v) is 8.16. The maximum atomic E-state index is 13.1. The molecule has 0 fully saturated rings. The molecule has 1 aromatic heterocycles. The Kier molecular flexibility index (Phi) is 5.72. The fourth-order valence-electron chi connectivity index (χ4n) is 4.79. The first-order chi connectivity index (χ1) is 16.2. The number of fused-ring (bicyclic) bond motifs is 3. The lowest BCUT2D eigenvalue weighted by molar-refractivity contribution is 0.0734. The third kappa shape index (κ3) is 4.34. The van der Waals surface area contributed by atoms with Crippen molar-refractivity contribution in [2.45, 2.75) is 53.1 Å². The van der Waals surface area contributed by atoms with Gasteiger partial charge in [-0.3, -0.25) is 4.79 Å². The van der Waals surface area contributed by atoms with Crippen LogP contribution in [0, 0.1) is 18.3 Å². The monoisotopic (exact) mass is 474 g/mol. The average molecular weight is 475 g/mol. The van der Waals surface area contributed by atoms with Gasteiger partial charge in [-0.2, -0.15) is 0 Å². The molecule has 5 rings (SSSR count). The van der Waals surface area contributed by atoms with Gasteiger partial charge in [0.1, 0.15) is 16.9 Å². The maximum absolute atomic E-state index is 13.1. The lowest BCUT2D eigenvalue weighted by Crippen LogP contribution is -2.38. The molecule has 5 nitrogen and oxygen atoms in total. The number of hydrogen-bond acceptors (Lipinski definition) is 5. The molecule has 1 aliphatic carbocycles. The molecule has 0 unspecified atom stereocenters. The Balaban J connectivity index is 1.30. The Morgan fingerprint density at radius 2 is 1.74 bits per heavy atom. The molecule has 0 saturated carbocycles. The number of rotatable bonds is 3. The molecule has 1 amide bonds. The third-order valence-electron chi connectivity index (χ3n) is 6.98. The second-order valence-corrected chi connectivity index (χ2v) is 11.5. The number of benzene rings is 2. The Labute approximate surface area is 204 Å². The van der Waals surface area contributed by atoms with Crippen molar-refractivity contribution in [2.75, 3.05) is 5.32 Å². The number of esters is 1. The van der Waals surface area contributed by atoms with E-state index in [9.17, 15) is 9.59 Å². The van der Waals surface area contributed by atoms with E-state index in [4.69, 9.17) is 4.74 Å². The largest absolute Gasteiger partial charge is 0.423 e. The van der Waals surface area contributed by atoms with E-state index in [-0.39, 0.29) is 23.5 Å². The summed E-state index contributed by atoms with van der Waals surface area (Å²) < 4.78 is 5.51. The number of hydrogen-bond donors (Lipinski definition) is 2. The number of aryl methyl sites for hydroxylation is 1. The van der Waals surface area contributed by atoms with Crippen LogP contribution in [0.4, 0.5) is 5.00 Å². The zero-order chi connectivity index (χ0) is 24.0. The van der Waals surface area contributed by atoms with Crippen LogP contribution in [0.5, 0.6) is 5.75 Å². The average Bonchev–Trinajstić information content (AvgIpc) is 3.17. The van der Waals surface area contributed by atoms with Crippen LogP contribution in [-0.2, 0) is 12.8 Å². The molecule has 2 N–H and O–H groups in total. The Bertz CT molecular complexity index is 1240. The van der Waals surface area contributed by atoms with Gasteiger partial charge in [-0.05, 0) is 72.9 Å². The van der Waals surface area contributed by atoms with E-state index in [0.29, 0.717) is 17.2 Å². The predicted octanol–water partition coefficient (Wildman–Crippen LogP) is 6.28. The summed E-state index contributed by atoms with van der Waals surface area (Å²) in [5.41, 5.74) is 4.83. The van der Waals surface area contributed by atoms with Gasteiger partial charge in [0.05, 0.1) is 11.1 Å². The molecule has 0 radical (unpaired) electrons. The Morgan fingerprint density at radius 3 is 2.41 bits per heavy atom. The number of amides is 1. The summed E-state index contributed by atoms with van der Waals surface area (Å²) in [5, 5.41) is 7.59. The van der Waals surface area contributed by atoms with Crippen LogP contribution in [0.15, 0.2) is 48.5 Å². The van der Waals surface area contributed by atoms with E-state index in [1.165, 1.54) is 10.4 Å². The Morgan fingerprint density at radius 1 is 1.03 bits per heavy atom. The van der Waals surface area contributed by atoms with Gasteiger partial charge in [0.2, 0.25) is 0 Å². The number of ether oxygens (including phenoxy) is 1. The molecule has 176 valence electrons. The van der Waals surface area contributed by atoms with Crippen molar-refractivity contribution >= 4 is 28.2 Å². The molecule has 6 heteroatoms. The molecular weight excluding hydrogens is 444 g/mol. The molecule has 0 bridgehead atoms. The second kappa shape index (κ2) is 8.58. The summed E-state index contributed by atoms with van der Waals surface area (Å²) in [5.74, 6) is 0.700. The highest BCUT2D eigenvalue weighted by Crippen LogP contribution is 2.46. The molecule has 1 aliphatic heterocycles. The summed E-state index contributed by atoms with van der Waals surface area (Å²) in [7, 11) is 0. The van der Waals surface area contributed by atoms with Gasteiger partial charge in [0.15, 0.2) is 0 Å².